The van der Waals surface area contributed by atoms with Crippen LogP contribution in [-0.2, 0) is 4.79 Å². The molecular weight excluding hydrogens is 342 g/mol. The fourth-order valence-electron chi connectivity index (χ4n) is 2.99. The Balaban J connectivity index is 2.31. The zero-order valence-corrected chi connectivity index (χ0v) is 14.7. The minimum absolute atomic E-state index is 0.0670. The first-order chi connectivity index (χ1) is 12.4. The molecule has 9 nitrogen and oxygen atoms in total. The third kappa shape index (κ3) is 4.90. The van der Waals surface area contributed by atoms with Gasteiger partial charge in [-0.05, 0) is 19.3 Å². The van der Waals surface area contributed by atoms with E-state index in [1.807, 2.05) is 6.92 Å². The molecule has 1 aromatic carbocycles. The molecule has 1 aliphatic rings. The number of carbonyl (C=O) groups is 1. The summed E-state index contributed by atoms with van der Waals surface area (Å²) in [6.07, 6.45) is 6.00. The number of rotatable bonds is 8. The van der Waals surface area contributed by atoms with Gasteiger partial charge in [0, 0.05) is 12.0 Å². The Morgan fingerprint density at radius 3 is 2.38 bits per heavy atom. The lowest BCUT2D eigenvalue weighted by atomic mass is 9.88. The van der Waals surface area contributed by atoms with E-state index in [0.29, 0.717) is 6.42 Å². The summed E-state index contributed by atoms with van der Waals surface area (Å²) in [5.41, 5.74) is -1.06. The Morgan fingerprint density at radius 1 is 1.15 bits per heavy atom. The van der Waals surface area contributed by atoms with E-state index in [2.05, 4.69) is 5.32 Å². The maximum atomic E-state index is 12.4. The molecule has 0 spiro atoms. The molecule has 0 unspecified atom stereocenters. The molecule has 1 saturated carbocycles. The van der Waals surface area contributed by atoms with Gasteiger partial charge in [-0.25, -0.2) is 0 Å². The standard InChI is InChI=1S/C17H23N3O6/c1-2-3-9-26-16-10-13(14(19(22)23)11-15(16)20(24)25)18-17(21)12-7-5-4-6-8-12/h10-12H,2-9H2,1H3,(H,18,21). The minimum Gasteiger partial charge on any atom is -0.487 e. The van der Waals surface area contributed by atoms with Crippen molar-refractivity contribution in [3.63, 3.8) is 0 Å². The zero-order valence-electron chi connectivity index (χ0n) is 14.7. The lowest BCUT2D eigenvalue weighted by molar-refractivity contribution is -0.394. The van der Waals surface area contributed by atoms with Crippen LogP contribution in [0.4, 0.5) is 17.1 Å². The lowest BCUT2D eigenvalue weighted by Crippen LogP contribution is -2.25. The quantitative estimate of drug-likeness (QED) is 0.418. The highest BCUT2D eigenvalue weighted by atomic mass is 16.6. The van der Waals surface area contributed by atoms with Crippen molar-refractivity contribution >= 4 is 23.0 Å². The Hall–Kier alpha value is -2.71. The maximum absolute atomic E-state index is 12.4. The van der Waals surface area contributed by atoms with E-state index in [1.54, 1.807) is 0 Å². The van der Waals surface area contributed by atoms with E-state index in [1.165, 1.54) is 6.07 Å². The van der Waals surface area contributed by atoms with Gasteiger partial charge >= 0.3 is 5.69 Å². The Morgan fingerprint density at radius 2 is 1.81 bits per heavy atom. The van der Waals surface area contributed by atoms with Crippen molar-refractivity contribution in [1.29, 1.82) is 0 Å². The minimum atomic E-state index is -0.737. The molecule has 1 N–H and O–H groups in total. The molecule has 26 heavy (non-hydrogen) atoms. The molecule has 0 bridgehead atoms. The number of nitrogens with one attached hydrogen (secondary N) is 1. The van der Waals surface area contributed by atoms with E-state index in [-0.39, 0.29) is 29.9 Å². The molecule has 9 heteroatoms. The second kappa shape index (κ2) is 9.12. The summed E-state index contributed by atoms with van der Waals surface area (Å²) in [6, 6.07) is 2.03. The Labute approximate surface area is 151 Å². The van der Waals surface area contributed by atoms with Gasteiger partial charge in [-0.1, -0.05) is 32.6 Å². The number of benzene rings is 1. The Bertz CT molecular complexity index is 685. The van der Waals surface area contributed by atoms with E-state index in [9.17, 15) is 25.0 Å². The first-order valence-electron chi connectivity index (χ1n) is 8.84. The van der Waals surface area contributed by atoms with Gasteiger partial charge in [0.1, 0.15) is 5.69 Å². The summed E-state index contributed by atoms with van der Waals surface area (Å²) in [5, 5.41) is 25.1. The normalized spacial score (nSPS) is 14.7. The van der Waals surface area contributed by atoms with E-state index < -0.39 is 21.2 Å². The average Bonchev–Trinajstić information content (AvgIpc) is 2.62. The molecule has 1 aliphatic carbocycles. The number of hydrogen-bond acceptors (Lipinski definition) is 6. The van der Waals surface area contributed by atoms with Crippen LogP contribution in [0.15, 0.2) is 12.1 Å². The maximum Gasteiger partial charge on any atom is 0.317 e. The van der Waals surface area contributed by atoms with Gasteiger partial charge in [0.25, 0.3) is 5.69 Å². The number of hydrogen-bond donors (Lipinski definition) is 1. The molecule has 0 radical (unpaired) electrons. The van der Waals surface area contributed by atoms with Gasteiger partial charge in [-0.2, -0.15) is 0 Å². The number of ether oxygens (including phenoxy) is 1. The van der Waals surface area contributed by atoms with Gasteiger partial charge in [0.15, 0.2) is 5.75 Å². The predicted octanol–water partition coefficient (Wildman–Crippen LogP) is 4.20. The predicted molar refractivity (Wildman–Crippen MR) is 95.4 cm³/mol. The fraction of sp³-hybridized carbons (Fsp3) is 0.588. The summed E-state index contributed by atoms with van der Waals surface area (Å²) >= 11 is 0. The average molecular weight is 365 g/mol. The van der Waals surface area contributed by atoms with E-state index in [4.69, 9.17) is 4.74 Å². The Kier molecular flexibility index (Phi) is 6.88. The molecule has 0 aromatic heterocycles. The number of nitrogens with zero attached hydrogens (tertiary/aromatic N) is 2. The molecular formula is C17H23N3O6. The fourth-order valence-corrected chi connectivity index (χ4v) is 2.99. The van der Waals surface area contributed by atoms with Gasteiger partial charge in [-0.15, -0.1) is 0 Å². The van der Waals surface area contributed by atoms with E-state index in [0.717, 1.165) is 44.6 Å². The van der Waals surface area contributed by atoms with Crippen LogP contribution in [0, 0.1) is 26.1 Å². The number of unbranched alkanes of at least 4 members (excludes halogenated alkanes) is 1. The highest BCUT2D eigenvalue weighted by Gasteiger charge is 2.28. The van der Waals surface area contributed by atoms with Gasteiger partial charge in [-0.3, -0.25) is 25.0 Å². The summed E-state index contributed by atoms with van der Waals surface area (Å²) in [7, 11) is 0. The first-order valence-corrected chi connectivity index (χ1v) is 8.84. The van der Waals surface area contributed by atoms with Crippen LogP contribution in [0.5, 0.6) is 5.75 Å². The van der Waals surface area contributed by atoms with Gasteiger partial charge in [0.05, 0.1) is 22.5 Å². The van der Waals surface area contributed by atoms with Crippen molar-refractivity contribution < 1.29 is 19.4 Å². The summed E-state index contributed by atoms with van der Waals surface area (Å²) in [4.78, 5) is 33.5. The SMILES string of the molecule is CCCCOc1cc(NC(=O)C2CCCCC2)c([N+](=O)[O-])cc1[N+](=O)[O-]. The molecule has 0 aliphatic heterocycles. The molecule has 1 fully saturated rings. The van der Waals surface area contributed by atoms with Crippen molar-refractivity contribution in [1.82, 2.24) is 0 Å². The molecule has 0 heterocycles. The smallest absolute Gasteiger partial charge is 0.317 e. The van der Waals surface area contributed by atoms with Crippen molar-refractivity contribution in [2.45, 2.75) is 51.9 Å². The van der Waals surface area contributed by atoms with Crippen molar-refractivity contribution in [3.8, 4) is 5.75 Å². The van der Waals surface area contributed by atoms with Crippen LogP contribution in [0.1, 0.15) is 51.9 Å². The molecule has 0 saturated heterocycles. The highest BCUT2D eigenvalue weighted by molar-refractivity contribution is 5.95. The molecule has 1 amide bonds. The summed E-state index contributed by atoms with van der Waals surface area (Å²) in [5.74, 6) is -0.558. The zero-order chi connectivity index (χ0) is 19.1. The molecule has 142 valence electrons. The number of nitro groups is 2. The van der Waals surface area contributed by atoms with Gasteiger partial charge in [0.2, 0.25) is 5.91 Å². The lowest BCUT2D eigenvalue weighted by Gasteiger charge is -2.20. The van der Waals surface area contributed by atoms with Crippen molar-refractivity contribution in [3.05, 3.63) is 32.4 Å². The summed E-state index contributed by atoms with van der Waals surface area (Å²) in [6.45, 7) is 2.20. The topological polar surface area (TPSA) is 125 Å². The van der Waals surface area contributed by atoms with Crippen molar-refractivity contribution in [2.24, 2.45) is 5.92 Å². The molecule has 2 rings (SSSR count). The number of nitro benzene ring substituents is 2. The van der Waals surface area contributed by atoms with Gasteiger partial charge < -0.3 is 10.1 Å². The second-order valence-corrected chi connectivity index (χ2v) is 6.38. The largest absolute Gasteiger partial charge is 0.487 e. The number of carbonyl (C=O) groups excluding carboxylic acids is 1. The molecule has 1 aromatic rings. The number of amides is 1. The van der Waals surface area contributed by atoms with Crippen LogP contribution >= 0.6 is 0 Å². The van der Waals surface area contributed by atoms with Crippen LogP contribution in [0.25, 0.3) is 0 Å². The summed E-state index contributed by atoms with van der Waals surface area (Å²) < 4.78 is 5.43. The van der Waals surface area contributed by atoms with Crippen LogP contribution in [0.2, 0.25) is 0 Å². The van der Waals surface area contributed by atoms with E-state index >= 15 is 0 Å². The second-order valence-electron chi connectivity index (χ2n) is 6.38. The monoisotopic (exact) mass is 365 g/mol. The van der Waals surface area contributed by atoms with Crippen molar-refractivity contribution in [2.75, 3.05) is 11.9 Å². The third-order valence-corrected chi connectivity index (χ3v) is 4.46. The first kappa shape index (κ1) is 19.6. The van der Waals surface area contributed by atoms with Crippen LogP contribution < -0.4 is 10.1 Å². The van der Waals surface area contributed by atoms with Crippen LogP contribution in [0.3, 0.4) is 0 Å². The number of anilines is 1. The highest BCUT2D eigenvalue weighted by Crippen LogP contribution is 2.38. The molecule has 0 atom stereocenters. The van der Waals surface area contributed by atoms with Crippen LogP contribution in [-0.4, -0.2) is 22.4 Å². The third-order valence-electron chi connectivity index (χ3n) is 4.46.